The van der Waals surface area contributed by atoms with Crippen molar-refractivity contribution in [2.24, 2.45) is 5.16 Å². The molecule has 2 N–H and O–H groups in total. The van der Waals surface area contributed by atoms with E-state index in [9.17, 15) is 23.9 Å². The van der Waals surface area contributed by atoms with Gasteiger partial charge in [0.05, 0.1) is 22.9 Å². The van der Waals surface area contributed by atoms with E-state index in [0.717, 1.165) is 5.56 Å². The maximum atomic E-state index is 14.6. The van der Waals surface area contributed by atoms with E-state index >= 15 is 0 Å². The number of aliphatic hydroxyl groups is 1. The number of halogens is 2. The molecule has 2 heterocycles. The lowest BCUT2D eigenvalue weighted by molar-refractivity contribution is -0.149. The van der Waals surface area contributed by atoms with Gasteiger partial charge in [0, 0.05) is 43.5 Å². The number of carbonyl (C=O) groups excluding carboxylic acids is 2. The molecule has 2 atom stereocenters. The fraction of sp³-hybridized carbons (Fsp3) is 0.290. The molecule has 0 saturated heterocycles. The second-order valence-electron chi connectivity index (χ2n) is 10.0. The molecule has 42 heavy (non-hydrogen) atoms. The third-order valence-electron chi connectivity index (χ3n) is 7.31. The number of benzene rings is 3. The van der Waals surface area contributed by atoms with Gasteiger partial charge in [0.1, 0.15) is 11.8 Å². The molecule has 0 saturated carbocycles. The second-order valence-corrected chi connectivity index (χ2v) is 10.4. The molecular weight excluding hydrogens is 567 g/mol. The highest BCUT2D eigenvalue weighted by atomic mass is 35.5. The van der Waals surface area contributed by atoms with Crippen molar-refractivity contribution >= 4 is 35.0 Å². The lowest BCUT2D eigenvalue weighted by Crippen LogP contribution is -2.48. The number of aliphatic hydroxyl groups excluding tert-OH is 1. The summed E-state index contributed by atoms with van der Waals surface area (Å²) in [6.45, 7) is 0.463. The van der Waals surface area contributed by atoms with Crippen molar-refractivity contribution in [3.05, 3.63) is 99.3 Å². The number of aromatic carboxylic acids is 1. The first-order valence-corrected chi connectivity index (χ1v) is 13.8. The standard InChI is InChI=1S/C31H28ClFN2O7/c32-23-6-1-5-22(28(23)33)24-17-27(42-34-24)30(38)35-13-12-20-21(4-2-7-26(20)41-15-3-14-36)29(35)25(37)16-18-8-10-19(11-9-18)31(39)40/h1-2,4-11,27,29,36H,3,12-17H2,(H,39,40)/t27-,29-/m1/s1. The maximum Gasteiger partial charge on any atom is 0.335 e. The van der Waals surface area contributed by atoms with Crippen molar-refractivity contribution in [1.29, 1.82) is 0 Å². The molecule has 0 unspecified atom stereocenters. The predicted octanol–water partition coefficient (Wildman–Crippen LogP) is 4.37. The van der Waals surface area contributed by atoms with Gasteiger partial charge in [-0.3, -0.25) is 9.59 Å². The molecule has 0 radical (unpaired) electrons. The van der Waals surface area contributed by atoms with Gasteiger partial charge in [0.25, 0.3) is 5.91 Å². The molecule has 9 nitrogen and oxygen atoms in total. The normalized spacial score (nSPS) is 17.7. The van der Waals surface area contributed by atoms with Crippen LogP contribution < -0.4 is 4.74 Å². The predicted molar refractivity (Wildman–Crippen MR) is 151 cm³/mol. The van der Waals surface area contributed by atoms with Crippen LogP contribution in [-0.2, 0) is 27.3 Å². The number of rotatable bonds is 10. The van der Waals surface area contributed by atoms with Gasteiger partial charge in [-0.2, -0.15) is 0 Å². The smallest absolute Gasteiger partial charge is 0.335 e. The Kier molecular flexibility index (Phi) is 8.84. The van der Waals surface area contributed by atoms with Crippen molar-refractivity contribution in [2.75, 3.05) is 19.8 Å². The van der Waals surface area contributed by atoms with Gasteiger partial charge in [-0.25, -0.2) is 9.18 Å². The quantitative estimate of drug-likeness (QED) is 0.334. The van der Waals surface area contributed by atoms with E-state index in [1.54, 1.807) is 36.4 Å². The Labute approximate surface area is 246 Å². The van der Waals surface area contributed by atoms with Crippen LogP contribution in [0.15, 0.2) is 65.8 Å². The average molecular weight is 595 g/mol. The van der Waals surface area contributed by atoms with E-state index in [4.69, 9.17) is 26.3 Å². The summed E-state index contributed by atoms with van der Waals surface area (Å²) in [5, 5.41) is 22.3. The summed E-state index contributed by atoms with van der Waals surface area (Å²) in [5.74, 6) is -1.89. The van der Waals surface area contributed by atoms with Gasteiger partial charge in [-0.1, -0.05) is 47.1 Å². The van der Waals surface area contributed by atoms with Crippen LogP contribution in [0.3, 0.4) is 0 Å². The Morgan fingerprint density at radius 1 is 1.10 bits per heavy atom. The molecule has 0 aliphatic carbocycles. The third kappa shape index (κ3) is 6.00. The molecule has 218 valence electrons. The Morgan fingerprint density at radius 2 is 1.86 bits per heavy atom. The fourth-order valence-electron chi connectivity index (χ4n) is 5.25. The number of carboxylic acids is 1. The van der Waals surface area contributed by atoms with Crippen molar-refractivity contribution in [3.8, 4) is 5.75 Å². The minimum absolute atomic E-state index is 0.00131. The van der Waals surface area contributed by atoms with Crippen LogP contribution in [0.1, 0.15) is 51.5 Å². The summed E-state index contributed by atoms with van der Waals surface area (Å²) >= 11 is 5.92. The molecule has 5 rings (SSSR count). The number of ether oxygens (including phenoxy) is 1. The molecule has 1 amide bonds. The van der Waals surface area contributed by atoms with Gasteiger partial charge in [0.2, 0.25) is 6.10 Å². The van der Waals surface area contributed by atoms with Gasteiger partial charge in [-0.15, -0.1) is 0 Å². The zero-order valence-electron chi connectivity index (χ0n) is 22.5. The van der Waals surface area contributed by atoms with E-state index in [1.165, 1.54) is 29.2 Å². The number of hydrogen-bond donors (Lipinski definition) is 2. The molecule has 0 fully saturated rings. The van der Waals surface area contributed by atoms with Crippen LogP contribution in [0.25, 0.3) is 0 Å². The Hall–Kier alpha value is -4.28. The molecule has 11 heteroatoms. The van der Waals surface area contributed by atoms with Gasteiger partial charge >= 0.3 is 5.97 Å². The van der Waals surface area contributed by atoms with Crippen molar-refractivity contribution in [3.63, 3.8) is 0 Å². The summed E-state index contributed by atoms with van der Waals surface area (Å²) in [7, 11) is 0. The molecule has 0 spiro atoms. The largest absolute Gasteiger partial charge is 0.493 e. The van der Waals surface area contributed by atoms with Crippen molar-refractivity contribution < 1.29 is 38.6 Å². The highest BCUT2D eigenvalue weighted by molar-refractivity contribution is 6.31. The zero-order chi connectivity index (χ0) is 29.8. The summed E-state index contributed by atoms with van der Waals surface area (Å²) in [4.78, 5) is 45.9. The van der Waals surface area contributed by atoms with Gasteiger partial charge in [-0.05, 0) is 47.9 Å². The molecule has 3 aromatic carbocycles. The van der Waals surface area contributed by atoms with Gasteiger partial charge < -0.3 is 24.7 Å². The molecule has 2 aliphatic heterocycles. The van der Waals surface area contributed by atoms with E-state index in [0.29, 0.717) is 36.3 Å². The van der Waals surface area contributed by atoms with Gasteiger partial charge in [0.15, 0.2) is 11.6 Å². The summed E-state index contributed by atoms with van der Waals surface area (Å²) < 4.78 is 20.5. The minimum Gasteiger partial charge on any atom is -0.493 e. The van der Waals surface area contributed by atoms with Crippen LogP contribution in [0.2, 0.25) is 5.02 Å². The molecule has 0 aromatic heterocycles. The molecular formula is C31H28ClFN2O7. The minimum atomic E-state index is -1.07. The maximum absolute atomic E-state index is 14.6. The van der Waals surface area contributed by atoms with Crippen molar-refractivity contribution in [2.45, 2.75) is 37.8 Å². The topological polar surface area (TPSA) is 126 Å². The van der Waals surface area contributed by atoms with Crippen LogP contribution in [-0.4, -0.2) is 64.3 Å². The van der Waals surface area contributed by atoms with E-state index in [1.807, 2.05) is 0 Å². The lowest BCUT2D eigenvalue weighted by Gasteiger charge is -2.38. The molecule has 2 aliphatic rings. The molecule has 3 aromatic rings. The Bertz CT molecular complexity index is 1540. The first kappa shape index (κ1) is 29.2. The zero-order valence-corrected chi connectivity index (χ0v) is 23.2. The highest BCUT2D eigenvalue weighted by Crippen LogP contribution is 2.38. The van der Waals surface area contributed by atoms with Crippen LogP contribution in [0, 0.1) is 5.82 Å². The molecule has 0 bridgehead atoms. The summed E-state index contributed by atoms with van der Waals surface area (Å²) in [5.41, 5.74) is 2.49. The number of nitrogens with zero attached hydrogens (tertiary/aromatic N) is 2. The first-order valence-electron chi connectivity index (χ1n) is 13.5. The Balaban J connectivity index is 1.42. The number of carbonyl (C=O) groups is 3. The fourth-order valence-corrected chi connectivity index (χ4v) is 5.42. The first-order chi connectivity index (χ1) is 20.3. The number of fused-ring (bicyclic) bond motifs is 1. The summed E-state index contributed by atoms with van der Waals surface area (Å²) in [6, 6.07) is 14.9. The SMILES string of the molecule is O=C(O)c1ccc(CC(=O)[C@H]2c3cccc(OCCCO)c3CCN2C(=O)[C@H]2CC(c3cccc(Cl)c3F)=NO2)cc1. The number of carboxylic acid groups (broad SMARTS) is 1. The Morgan fingerprint density at radius 3 is 2.60 bits per heavy atom. The third-order valence-corrected chi connectivity index (χ3v) is 7.60. The van der Waals surface area contributed by atoms with Crippen LogP contribution in [0.5, 0.6) is 5.75 Å². The number of amides is 1. The van der Waals surface area contributed by atoms with E-state index < -0.39 is 29.8 Å². The van der Waals surface area contributed by atoms with Crippen LogP contribution >= 0.6 is 11.6 Å². The highest BCUT2D eigenvalue weighted by Gasteiger charge is 2.42. The lowest BCUT2D eigenvalue weighted by atomic mass is 9.87. The number of oxime groups is 1. The van der Waals surface area contributed by atoms with E-state index in [-0.39, 0.29) is 53.6 Å². The van der Waals surface area contributed by atoms with E-state index in [2.05, 4.69) is 5.16 Å². The number of hydrogen-bond acceptors (Lipinski definition) is 7. The van der Waals surface area contributed by atoms with Crippen LogP contribution in [0.4, 0.5) is 4.39 Å². The second kappa shape index (κ2) is 12.7. The van der Waals surface area contributed by atoms with Crippen molar-refractivity contribution in [1.82, 2.24) is 4.90 Å². The number of ketones is 1. The summed E-state index contributed by atoms with van der Waals surface area (Å²) in [6.07, 6.45) is -0.255. The monoisotopic (exact) mass is 594 g/mol. The number of Topliss-reactive ketones (excluding diaryl/α,β-unsaturated/α-hetero) is 1. The average Bonchev–Trinajstić information content (AvgIpc) is 3.48.